The molecule has 2 heterocycles. The van der Waals surface area contributed by atoms with Crippen LogP contribution >= 0.6 is 11.3 Å². The molecule has 0 saturated carbocycles. The number of anilines is 1. The first-order valence-electron chi connectivity index (χ1n) is 7.19. The summed E-state index contributed by atoms with van der Waals surface area (Å²) in [5.74, 6) is 0. The lowest BCUT2D eigenvalue weighted by atomic mass is 10.1. The summed E-state index contributed by atoms with van der Waals surface area (Å²) in [5, 5.41) is 14.8. The van der Waals surface area contributed by atoms with Gasteiger partial charge in [0, 0.05) is 33.3 Å². The van der Waals surface area contributed by atoms with Crippen LogP contribution in [-0.4, -0.2) is 23.3 Å². The van der Waals surface area contributed by atoms with E-state index < -0.39 is 0 Å². The van der Waals surface area contributed by atoms with Gasteiger partial charge < -0.3 is 10.6 Å². The van der Waals surface area contributed by atoms with Crippen molar-refractivity contribution in [2.75, 3.05) is 12.4 Å². The van der Waals surface area contributed by atoms with Crippen LogP contribution in [0.2, 0.25) is 0 Å². The lowest BCUT2D eigenvalue weighted by Crippen LogP contribution is -2.24. The molecular formula is C17H14N4OS. The number of hydrogen-bond acceptors (Lipinski definition) is 3. The van der Waals surface area contributed by atoms with Crippen molar-refractivity contribution < 1.29 is 4.79 Å². The molecule has 0 atom stereocenters. The molecule has 0 aliphatic rings. The average Bonchev–Trinajstić information content (AvgIpc) is 3.20. The zero-order valence-corrected chi connectivity index (χ0v) is 13.2. The van der Waals surface area contributed by atoms with Gasteiger partial charge in [0.15, 0.2) is 0 Å². The Balaban J connectivity index is 1.90. The molecule has 0 fully saturated rings. The quantitative estimate of drug-likeness (QED) is 0.518. The number of carbonyl (C=O) groups excluding carboxylic acids is 1. The Labute approximate surface area is 136 Å². The van der Waals surface area contributed by atoms with Gasteiger partial charge in [0.1, 0.15) is 0 Å². The van der Waals surface area contributed by atoms with Crippen molar-refractivity contribution in [3.05, 3.63) is 48.7 Å². The number of thiophene rings is 1. The maximum Gasteiger partial charge on any atom is 0.318 e. The second-order valence-electron chi connectivity index (χ2n) is 5.21. The first kappa shape index (κ1) is 13.8. The Morgan fingerprint density at radius 2 is 2.04 bits per heavy atom. The van der Waals surface area contributed by atoms with E-state index in [0.29, 0.717) is 0 Å². The number of urea groups is 1. The third-order valence-electron chi connectivity index (χ3n) is 3.72. The van der Waals surface area contributed by atoms with E-state index in [0.717, 1.165) is 27.0 Å². The third-order valence-corrected chi connectivity index (χ3v) is 4.87. The number of aromatic amines is 1. The fraction of sp³-hybridized carbons (Fsp3) is 0.0588. The van der Waals surface area contributed by atoms with Crippen molar-refractivity contribution in [2.24, 2.45) is 0 Å². The molecule has 2 amide bonds. The Hall–Kier alpha value is -2.86. The van der Waals surface area contributed by atoms with Gasteiger partial charge in [0.2, 0.25) is 0 Å². The van der Waals surface area contributed by atoms with Crippen LogP contribution in [0.25, 0.3) is 31.4 Å². The van der Waals surface area contributed by atoms with E-state index in [9.17, 15) is 4.79 Å². The number of nitrogens with zero attached hydrogens (tertiary/aromatic N) is 1. The second kappa shape index (κ2) is 5.40. The zero-order chi connectivity index (χ0) is 15.8. The highest BCUT2D eigenvalue weighted by Gasteiger charge is 2.12. The topological polar surface area (TPSA) is 69.8 Å². The summed E-state index contributed by atoms with van der Waals surface area (Å²) in [5.41, 5.74) is 2.75. The van der Waals surface area contributed by atoms with Crippen molar-refractivity contribution in [3.8, 4) is 10.4 Å². The van der Waals surface area contributed by atoms with Crippen LogP contribution in [0.15, 0.2) is 48.7 Å². The number of H-pyrrole nitrogens is 1. The van der Waals surface area contributed by atoms with Crippen molar-refractivity contribution in [1.82, 2.24) is 15.5 Å². The van der Waals surface area contributed by atoms with Crippen molar-refractivity contribution in [3.63, 3.8) is 0 Å². The molecule has 6 heteroatoms. The minimum atomic E-state index is -0.241. The van der Waals surface area contributed by atoms with Crippen molar-refractivity contribution in [1.29, 1.82) is 0 Å². The van der Waals surface area contributed by atoms with E-state index in [1.165, 1.54) is 10.1 Å². The zero-order valence-electron chi connectivity index (χ0n) is 12.4. The smallest absolute Gasteiger partial charge is 0.318 e. The Morgan fingerprint density at radius 3 is 2.87 bits per heavy atom. The SMILES string of the molecule is CNC(=O)Nc1cc(-c2cc3ccccc3s2)c2[nH]ncc2c1. The molecule has 0 radical (unpaired) electrons. The third kappa shape index (κ3) is 2.43. The van der Waals surface area contributed by atoms with Gasteiger partial charge in [-0.1, -0.05) is 18.2 Å². The largest absolute Gasteiger partial charge is 0.341 e. The number of hydrogen-bond donors (Lipinski definition) is 3. The standard InChI is InChI=1S/C17H14N4OS/c1-18-17(22)20-12-6-11-9-19-21-16(11)13(8-12)15-7-10-4-2-3-5-14(10)23-15/h2-9H,1H3,(H,19,21)(H2,18,20,22). The second-order valence-corrected chi connectivity index (χ2v) is 6.29. The Bertz CT molecular complexity index is 985. The molecular weight excluding hydrogens is 308 g/mol. The maximum absolute atomic E-state index is 11.6. The van der Waals surface area contributed by atoms with E-state index in [1.54, 1.807) is 24.6 Å². The minimum absolute atomic E-state index is 0.241. The van der Waals surface area contributed by atoms with E-state index in [1.807, 2.05) is 24.3 Å². The molecule has 3 N–H and O–H groups in total. The molecule has 0 aliphatic carbocycles. The summed E-state index contributed by atoms with van der Waals surface area (Å²) < 4.78 is 1.24. The Morgan fingerprint density at radius 1 is 1.17 bits per heavy atom. The summed E-state index contributed by atoms with van der Waals surface area (Å²) in [4.78, 5) is 12.7. The fourth-order valence-corrected chi connectivity index (χ4v) is 3.72. The molecule has 0 bridgehead atoms. The summed E-state index contributed by atoms with van der Waals surface area (Å²) in [6.07, 6.45) is 1.77. The molecule has 23 heavy (non-hydrogen) atoms. The number of amides is 2. The predicted molar refractivity (Wildman–Crippen MR) is 95.0 cm³/mol. The molecule has 2 aromatic heterocycles. The van der Waals surface area contributed by atoms with E-state index >= 15 is 0 Å². The van der Waals surface area contributed by atoms with Crippen LogP contribution in [0.3, 0.4) is 0 Å². The highest BCUT2D eigenvalue weighted by atomic mass is 32.1. The Kier molecular flexibility index (Phi) is 3.24. The maximum atomic E-state index is 11.6. The number of aromatic nitrogens is 2. The van der Waals surface area contributed by atoms with Crippen molar-refractivity contribution in [2.45, 2.75) is 0 Å². The van der Waals surface area contributed by atoms with Gasteiger partial charge in [-0.25, -0.2) is 4.79 Å². The van der Waals surface area contributed by atoms with Gasteiger partial charge >= 0.3 is 6.03 Å². The first-order valence-corrected chi connectivity index (χ1v) is 8.01. The molecule has 4 rings (SSSR count). The van der Waals surface area contributed by atoms with Crippen molar-refractivity contribution >= 4 is 44.0 Å². The van der Waals surface area contributed by atoms with Gasteiger partial charge in [0.05, 0.1) is 11.7 Å². The molecule has 5 nitrogen and oxygen atoms in total. The normalized spacial score (nSPS) is 11.0. The fourth-order valence-electron chi connectivity index (χ4n) is 2.63. The molecule has 0 unspecified atom stereocenters. The summed E-state index contributed by atoms with van der Waals surface area (Å²) in [7, 11) is 1.60. The van der Waals surface area contributed by atoms with E-state index in [2.05, 4.69) is 39.0 Å². The predicted octanol–water partition coefficient (Wildman–Crippen LogP) is 4.20. The van der Waals surface area contributed by atoms with Gasteiger partial charge in [-0.15, -0.1) is 11.3 Å². The number of fused-ring (bicyclic) bond motifs is 2. The monoisotopic (exact) mass is 322 g/mol. The summed E-state index contributed by atoms with van der Waals surface area (Å²) in [6.45, 7) is 0. The molecule has 114 valence electrons. The number of carbonyl (C=O) groups is 1. The minimum Gasteiger partial charge on any atom is -0.341 e. The van der Waals surface area contributed by atoms with Crippen LogP contribution in [0, 0.1) is 0 Å². The average molecular weight is 322 g/mol. The highest BCUT2D eigenvalue weighted by Crippen LogP contribution is 2.38. The van der Waals surface area contributed by atoms with Gasteiger partial charge in [0.25, 0.3) is 0 Å². The van der Waals surface area contributed by atoms with Crippen LogP contribution < -0.4 is 10.6 Å². The number of rotatable bonds is 2. The van der Waals surface area contributed by atoms with Crippen LogP contribution in [0.4, 0.5) is 10.5 Å². The van der Waals surface area contributed by atoms with Crippen LogP contribution in [0.1, 0.15) is 0 Å². The lowest BCUT2D eigenvalue weighted by Gasteiger charge is -2.07. The molecule has 2 aromatic carbocycles. The summed E-state index contributed by atoms with van der Waals surface area (Å²) in [6, 6.07) is 14.1. The lowest BCUT2D eigenvalue weighted by molar-refractivity contribution is 0.254. The van der Waals surface area contributed by atoms with Gasteiger partial charge in [-0.2, -0.15) is 5.10 Å². The van der Waals surface area contributed by atoms with Crippen LogP contribution in [0.5, 0.6) is 0 Å². The number of nitrogens with one attached hydrogen (secondary N) is 3. The molecule has 0 saturated heterocycles. The van der Waals surface area contributed by atoms with Crippen LogP contribution in [-0.2, 0) is 0 Å². The molecule has 0 spiro atoms. The molecule has 0 aliphatic heterocycles. The highest BCUT2D eigenvalue weighted by molar-refractivity contribution is 7.22. The first-order chi connectivity index (χ1) is 11.2. The van der Waals surface area contributed by atoms with Gasteiger partial charge in [-0.3, -0.25) is 5.10 Å². The summed E-state index contributed by atoms with van der Waals surface area (Å²) >= 11 is 1.73. The number of benzene rings is 2. The van der Waals surface area contributed by atoms with E-state index in [-0.39, 0.29) is 6.03 Å². The molecule has 4 aromatic rings. The van der Waals surface area contributed by atoms with Gasteiger partial charge in [-0.05, 0) is 29.7 Å². The van der Waals surface area contributed by atoms with E-state index in [4.69, 9.17) is 0 Å².